The lowest BCUT2D eigenvalue weighted by Gasteiger charge is -2.10. The minimum absolute atomic E-state index is 0.0621. The van der Waals surface area contributed by atoms with Gasteiger partial charge >= 0.3 is 0 Å². The first-order valence-corrected chi connectivity index (χ1v) is 6.22. The monoisotopic (exact) mass is 313 g/mol. The highest BCUT2D eigenvalue weighted by atomic mass is 35.5. The van der Waals surface area contributed by atoms with Gasteiger partial charge in [-0.15, -0.1) is 0 Å². The summed E-state index contributed by atoms with van der Waals surface area (Å²) < 4.78 is 5.55. The van der Waals surface area contributed by atoms with Gasteiger partial charge in [0.2, 0.25) is 0 Å². The number of hydrogen-bond donors (Lipinski definition) is 1. The van der Waals surface area contributed by atoms with E-state index in [9.17, 15) is 10.1 Å². The van der Waals surface area contributed by atoms with E-state index in [1.165, 1.54) is 12.1 Å². The third-order valence-corrected chi connectivity index (χ3v) is 2.96. The van der Waals surface area contributed by atoms with Gasteiger partial charge in [-0.2, -0.15) is 0 Å². The topological polar surface area (TPSA) is 77.3 Å². The van der Waals surface area contributed by atoms with E-state index >= 15 is 0 Å². The minimum atomic E-state index is -0.576. The second-order valence-corrected chi connectivity index (χ2v) is 4.54. The quantitative estimate of drug-likeness (QED) is 0.678. The maximum absolute atomic E-state index is 10.7. The highest BCUT2D eigenvalue weighted by Gasteiger charge is 2.16. The molecule has 0 radical (unpaired) electrons. The van der Waals surface area contributed by atoms with E-state index in [0.717, 1.165) is 0 Å². The van der Waals surface area contributed by atoms with Gasteiger partial charge in [-0.1, -0.05) is 23.2 Å². The molecule has 0 aliphatic heterocycles. The molecule has 0 aliphatic carbocycles. The number of rotatable bonds is 4. The molecule has 0 spiro atoms. The van der Waals surface area contributed by atoms with Gasteiger partial charge in [0.25, 0.3) is 5.69 Å². The van der Waals surface area contributed by atoms with Crippen LogP contribution in [0.5, 0.6) is 11.5 Å². The van der Waals surface area contributed by atoms with Crippen LogP contribution in [0.1, 0.15) is 0 Å². The number of pyridine rings is 1. The number of anilines is 1. The fraction of sp³-hybridized carbons (Fsp3) is 0.0833. The van der Waals surface area contributed by atoms with Crippen LogP contribution in [0.15, 0.2) is 30.5 Å². The van der Waals surface area contributed by atoms with Crippen molar-refractivity contribution in [2.24, 2.45) is 0 Å². The van der Waals surface area contributed by atoms with Gasteiger partial charge in [-0.05, 0) is 6.07 Å². The Balaban J connectivity index is 2.36. The average Bonchev–Trinajstić information content (AvgIpc) is 2.42. The molecule has 0 atom stereocenters. The molecule has 8 heteroatoms. The molecule has 0 saturated carbocycles. The van der Waals surface area contributed by atoms with Crippen LogP contribution in [-0.4, -0.2) is 17.0 Å². The van der Waals surface area contributed by atoms with Crippen molar-refractivity contribution in [2.45, 2.75) is 0 Å². The van der Waals surface area contributed by atoms with E-state index in [4.69, 9.17) is 27.9 Å². The molecule has 0 saturated heterocycles. The maximum Gasteiger partial charge on any atom is 0.272 e. The Morgan fingerprint density at radius 3 is 2.50 bits per heavy atom. The number of nitro groups is 1. The molecule has 0 aliphatic rings. The molecule has 0 fully saturated rings. The van der Waals surface area contributed by atoms with Crippen LogP contribution in [-0.2, 0) is 0 Å². The smallest absolute Gasteiger partial charge is 0.272 e. The summed E-state index contributed by atoms with van der Waals surface area (Å²) in [7, 11) is 1.72. The van der Waals surface area contributed by atoms with Crippen LogP contribution in [0, 0.1) is 10.1 Å². The van der Waals surface area contributed by atoms with Crippen molar-refractivity contribution in [3.8, 4) is 11.5 Å². The molecular formula is C12H9Cl2N3O3. The van der Waals surface area contributed by atoms with Crippen molar-refractivity contribution in [3.63, 3.8) is 0 Å². The third kappa shape index (κ3) is 3.09. The Morgan fingerprint density at radius 1 is 1.30 bits per heavy atom. The Hall–Kier alpha value is -2.05. The number of nitrogens with one attached hydrogen (secondary N) is 1. The van der Waals surface area contributed by atoms with Crippen molar-refractivity contribution in [3.05, 3.63) is 50.6 Å². The number of nitrogens with zero attached hydrogens (tertiary/aromatic N) is 2. The lowest BCUT2D eigenvalue weighted by molar-refractivity contribution is -0.384. The number of hydrogen-bond acceptors (Lipinski definition) is 5. The highest BCUT2D eigenvalue weighted by Crippen LogP contribution is 2.39. The molecule has 6 nitrogen and oxygen atoms in total. The summed E-state index contributed by atoms with van der Waals surface area (Å²) in [5.74, 6) is 1.23. The first-order chi connectivity index (χ1) is 9.51. The molecule has 0 unspecified atom stereocenters. The van der Waals surface area contributed by atoms with Crippen LogP contribution in [0.3, 0.4) is 0 Å². The summed E-state index contributed by atoms with van der Waals surface area (Å²) in [5.41, 5.74) is -0.196. The van der Waals surface area contributed by atoms with Gasteiger partial charge < -0.3 is 10.1 Å². The molecule has 1 N–H and O–H groups in total. The van der Waals surface area contributed by atoms with E-state index in [2.05, 4.69) is 10.3 Å². The molecule has 1 heterocycles. The van der Waals surface area contributed by atoms with E-state index in [0.29, 0.717) is 11.6 Å². The van der Waals surface area contributed by atoms with Crippen LogP contribution in [0.2, 0.25) is 10.0 Å². The number of nitro benzene ring substituents is 1. The van der Waals surface area contributed by atoms with Gasteiger partial charge in [0.1, 0.15) is 11.6 Å². The van der Waals surface area contributed by atoms with Gasteiger partial charge in [0, 0.05) is 31.4 Å². The zero-order valence-corrected chi connectivity index (χ0v) is 11.8. The minimum Gasteiger partial charge on any atom is -0.454 e. The molecule has 104 valence electrons. The summed E-state index contributed by atoms with van der Waals surface area (Å²) in [6.45, 7) is 0. The lowest BCUT2D eigenvalue weighted by atomic mass is 10.3. The molecule has 2 aromatic rings. The normalized spacial score (nSPS) is 10.2. The van der Waals surface area contributed by atoms with Gasteiger partial charge in [0.05, 0.1) is 15.0 Å². The molecule has 1 aromatic heterocycles. The van der Waals surface area contributed by atoms with Crippen molar-refractivity contribution < 1.29 is 9.66 Å². The Kier molecular flexibility index (Phi) is 4.26. The Morgan fingerprint density at radius 2 is 1.95 bits per heavy atom. The van der Waals surface area contributed by atoms with Gasteiger partial charge in [0.15, 0.2) is 5.75 Å². The highest BCUT2D eigenvalue weighted by molar-refractivity contribution is 6.37. The van der Waals surface area contributed by atoms with Crippen molar-refractivity contribution in [1.29, 1.82) is 0 Å². The number of benzene rings is 1. The molecular weight excluding hydrogens is 305 g/mol. The van der Waals surface area contributed by atoms with Crippen molar-refractivity contribution in [2.75, 3.05) is 12.4 Å². The predicted molar refractivity (Wildman–Crippen MR) is 77.0 cm³/mol. The first-order valence-electron chi connectivity index (χ1n) is 5.46. The SMILES string of the molecule is CNc1cc(Oc2c(Cl)cc([N+](=O)[O-])cc2Cl)ccn1. The number of ether oxygens (including phenoxy) is 1. The number of non-ortho nitro benzene ring substituents is 1. The molecule has 2 rings (SSSR count). The van der Waals surface area contributed by atoms with E-state index < -0.39 is 4.92 Å². The van der Waals surface area contributed by atoms with E-state index in [1.807, 2.05) is 0 Å². The fourth-order valence-electron chi connectivity index (χ4n) is 1.48. The number of halogens is 2. The Bertz CT molecular complexity index is 641. The predicted octanol–water partition coefficient (Wildman–Crippen LogP) is 4.13. The van der Waals surface area contributed by atoms with Crippen LogP contribution < -0.4 is 10.1 Å². The van der Waals surface area contributed by atoms with E-state index in [-0.39, 0.29) is 21.5 Å². The number of aromatic nitrogens is 1. The zero-order chi connectivity index (χ0) is 14.7. The van der Waals surface area contributed by atoms with Crippen LogP contribution in [0.25, 0.3) is 0 Å². The maximum atomic E-state index is 10.7. The summed E-state index contributed by atoms with van der Waals surface area (Å²) >= 11 is 11.9. The first kappa shape index (κ1) is 14.4. The van der Waals surface area contributed by atoms with Crippen molar-refractivity contribution >= 4 is 34.7 Å². The molecule has 0 bridgehead atoms. The standard InChI is InChI=1S/C12H9Cl2N3O3/c1-15-11-6-8(2-3-16-11)20-12-9(13)4-7(17(18)19)5-10(12)14/h2-6H,1H3,(H,15,16). The van der Waals surface area contributed by atoms with Crippen LogP contribution >= 0.6 is 23.2 Å². The van der Waals surface area contributed by atoms with Crippen molar-refractivity contribution in [1.82, 2.24) is 4.98 Å². The lowest BCUT2D eigenvalue weighted by Crippen LogP contribution is -1.94. The Labute approximate surface area is 124 Å². The summed E-state index contributed by atoms with van der Waals surface area (Å²) in [4.78, 5) is 14.1. The largest absolute Gasteiger partial charge is 0.454 e. The summed E-state index contributed by atoms with van der Waals surface area (Å²) in [5, 5.41) is 13.7. The van der Waals surface area contributed by atoms with E-state index in [1.54, 1.807) is 25.4 Å². The third-order valence-electron chi connectivity index (χ3n) is 2.40. The zero-order valence-electron chi connectivity index (χ0n) is 10.3. The second-order valence-electron chi connectivity index (χ2n) is 3.72. The fourth-order valence-corrected chi connectivity index (χ4v) is 2.03. The van der Waals surface area contributed by atoms with Gasteiger partial charge in [-0.3, -0.25) is 10.1 Å². The summed E-state index contributed by atoms with van der Waals surface area (Å²) in [6, 6.07) is 5.63. The average molecular weight is 314 g/mol. The molecule has 0 amide bonds. The van der Waals surface area contributed by atoms with Crippen LogP contribution in [0.4, 0.5) is 11.5 Å². The van der Waals surface area contributed by atoms with Gasteiger partial charge in [-0.25, -0.2) is 4.98 Å². The molecule has 20 heavy (non-hydrogen) atoms. The second kappa shape index (κ2) is 5.94. The molecule has 1 aromatic carbocycles. The summed E-state index contributed by atoms with van der Waals surface area (Å²) in [6.07, 6.45) is 1.55.